The molecule has 0 aromatic carbocycles. The van der Waals surface area contributed by atoms with Gasteiger partial charge in [0.25, 0.3) is 6.01 Å². The summed E-state index contributed by atoms with van der Waals surface area (Å²) in [7, 11) is 0. The van der Waals surface area contributed by atoms with Gasteiger partial charge in [-0.15, -0.1) is 0 Å². The third kappa shape index (κ3) is 4.19. The molecule has 8 heteroatoms. The molecule has 1 aromatic rings. The number of carboxylic acid groups (broad SMARTS) is 1. The summed E-state index contributed by atoms with van der Waals surface area (Å²) in [5.74, 6) is -1.33. The fourth-order valence-electron chi connectivity index (χ4n) is 2.22. The van der Waals surface area contributed by atoms with Crippen molar-refractivity contribution in [1.29, 1.82) is 0 Å². The Morgan fingerprint density at radius 1 is 1.38 bits per heavy atom. The summed E-state index contributed by atoms with van der Waals surface area (Å²) in [4.78, 5) is 30.2. The standard InChI is InChI=1S/C13H19N3O5/c1-2-20-12(19)10-9-21-13(14-10)16-5-3-4-15(6-7-16)8-11(17)18/h9H,2-8H2,1H3,(H,17,18). The topological polar surface area (TPSA) is 96.1 Å². The maximum atomic E-state index is 11.5. The third-order valence-electron chi connectivity index (χ3n) is 3.19. The molecule has 0 spiro atoms. The largest absolute Gasteiger partial charge is 0.480 e. The molecule has 1 N–H and O–H groups in total. The molecule has 0 bridgehead atoms. The van der Waals surface area contributed by atoms with E-state index in [4.69, 9.17) is 14.3 Å². The van der Waals surface area contributed by atoms with Gasteiger partial charge in [-0.1, -0.05) is 0 Å². The van der Waals surface area contributed by atoms with E-state index in [1.807, 2.05) is 9.80 Å². The molecule has 1 aliphatic heterocycles. The van der Waals surface area contributed by atoms with Crippen molar-refractivity contribution in [2.24, 2.45) is 0 Å². The van der Waals surface area contributed by atoms with Crippen LogP contribution in [0.3, 0.4) is 0 Å². The monoisotopic (exact) mass is 297 g/mol. The van der Waals surface area contributed by atoms with Gasteiger partial charge in [0.05, 0.1) is 13.2 Å². The predicted octanol–water partition coefficient (Wildman–Crippen LogP) is 0.448. The van der Waals surface area contributed by atoms with Crippen LogP contribution in [0.4, 0.5) is 6.01 Å². The van der Waals surface area contributed by atoms with Gasteiger partial charge in [0.1, 0.15) is 6.26 Å². The zero-order chi connectivity index (χ0) is 15.2. The molecule has 21 heavy (non-hydrogen) atoms. The summed E-state index contributed by atoms with van der Waals surface area (Å²) in [6.07, 6.45) is 2.09. The second kappa shape index (κ2) is 7.07. The quantitative estimate of drug-likeness (QED) is 0.782. The van der Waals surface area contributed by atoms with Crippen molar-refractivity contribution in [2.45, 2.75) is 13.3 Å². The smallest absolute Gasteiger partial charge is 0.360 e. The molecular weight excluding hydrogens is 278 g/mol. The molecule has 2 rings (SSSR count). The molecule has 116 valence electrons. The number of rotatable bonds is 5. The zero-order valence-electron chi connectivity index (χ0n) is 11.9. The van der Waals surface area contributed by atoms with Crippen molar-refractivity contribution in [3.8, 4) is 0 Å². The Morgan fingerprint density at radius 3 is 2.90 bits per heavy atom. The van der Waals surface area contributed by atoms with E-state index in [-0.39, 0.29) is 18.8 Å². The third-order valence-corrected chi connectivity index (χ3v) is 3.19. The van der Waals surface area contributed by atoms with Crippen molar-refractivity contribution >= 4 is 18.0 Å². The van der Waals surface area contributed by atoms with Gasteiger partial charge in [0.15, 0.2) is 5.69 Å². The van der Waals surface area contributed by atoms with E-state index in [2.05, 4.69) is 4.98 Å². The minimum absolute atomic E-state index is 0.0352. The first-order chi connectivity index (χ1) is 10.1. The Balaban J connectivity index is 1.96. The molecule has 1 aromatic heterocycles. The van der Waals surface area contributed by atoms with Gasteiger partial charge in [-0.2, -0.15) is 4.98 Å². The molecule has 1 aliphatic rings. The normalized spacial score (nSPS) is 16.5. The molecular formula is C13H19N3O5. The summed E-state index contributed by atoms with van der Waals surface area (Å²) in [5, 5.41) is 8.82. The summed E-state index contributed by atoms with van der Waals surface area (Å²) in [5.41, 5.74) is 0.151. The van der Waals surface area contributed by atoms with Gasteiger partial charge in [-0.3, -0.25) is 9.69 Å². The zero-order valence-corrected chi connectivity index (χ0v) is 11.9. The maximum Gasteiger partial charge on any atom is 0.360 e. The average molecular weight is 297 g/mol. The lowest BCUT2D eigenvalue weighted by Gasteiger charge is -2.19. The summed E-state index contributed by atoms with van der Waals surface area (Å²) < 4.78 is 10.2. The highest BCUT2D eigenvalue weighted by molar-refractivity contribution is 5.87. The molecule has 8 nitrogen and oxygen atoms in total. The number of carbonyl (C=O) groups is 2. The second-order valence-corrected chi connectivity index (χ2v) is 4.75. The van der Waals surface area contributed by atoms with Crippen LogP contribution in [0.2, 0.25) is 0 Å². The Kier molecular flexibility index (Phi) is 5.15. The number of carbonyl (C=O) groups excluding carboxylic acids is 1. The van der Waals surface area contributed by atoms with Crippen LogP contribution in [0.5, 0.6) is 0 Å². The van der Waals surface area contributed by atoms with Crippen LogP contribution in [-0.4, -0.2) is 66.3 Å². The van der Waals surface area contributed by atoms with Crippen molar-refractivity contribution in [3.05, 3.63) is 12.0 Å². The van der Waals surface area contributed by atoms with Crippen LogP contribution >= 0.6 is 0 Å². The number of oxazole rings is 1. The Hall–Kier alpha value is -2.09. The SMILES string of the molecule is CCOC(=O)c1coc(N2CCCN(CC(=O)O)CC2)n1. The van der Waals surface area contributed by atoms with Crippen LogP contribution in [-0.2, 0) is 9.53 Å². The van der Waals surface area contributed by atoms with Crippen LogP contribution in [0.1, 0.15) is 23.8 Å². The van der Waals surface area contributed by atoms with E-state index in [0.29, 0.717) is 32.2 Å². The summed E-state index contributed by atoms with van der Waals surface area (Å²) in [6, 6.07) is 0.371. The first-order valence-corrected chi connectivity index (χ1v) is 6.92. The maximum absolute atomic E-state index is 11.5. The van der Waals surface area contributed by atoms with Crippen LogP contribution in [0.15, 0.2) is 10.7 Å². The highest BCUT2D eigenvalue weighted by Crippen LogP contribution is 2.16. The lowest BCUT2D eigenvalue weighted by Crippen LogP contribution is -2.34. The predicted molar refractivity (Wildman–Crippen MR) is 73.4 cm³/mol. The van der Waals surface area contributed by atoms with E-state index in [1.165, 1.54) is 6.26 Å². The fraction of sp³-hybridized carbons (Fsp3) is 0.615. The van der Waals surface area contributed by atoms with Gasteiger partial charge in [-0.25, -0.2) is 4.79 Å². The Morgan fingerprint density at radius 2 is 2.19 bits per heavy atom. The van der Waals surface area contributed by atoms with E-state index in [0.717, 1.165) is 6.42 Å². The molecule has 2 heterocycles. The van der Waals surface area contributed by atoms with Gasteiger partial charge < -0.3 is 19.2 Å². The van der Waals surface area contributed by atoms with Crippen molar-refractivity contribution < 1.29 is 23.8 Å². The molecule has 0 aliphatic carbocycles. The minimum atomic E-state index is -0.829. The molecule has 0 saturated carbocycles. The number of esters is 1. The molecule has 0 atom stereocenters. The van der Waals surface area contributed by atoms with Gasteiger partial charge in [0, 0.05) is 26.2 Å². The number of hydrogen-bond acceptors (Lipinski definition) is 7. The number of aliphatic carboxylic acids is 1. The molecule has 1 saturated heterocycles. The first-order valence-electron chi connectivity index (χ1n) is 6.92. The van der Waals surface area contributed by atoms with E-state index < -0.39 is 11.9 Å². The lowest BCUT2D eigenvalue weighted by molar-refractivity contribution is -0.138. The van der Waals surface area contributed by atoms with Crippen molar-refractivity contribution in [3.63, 3.8) is 0 Å². The van der Waals surface area contributed by atoms with Gasteiger partial charge in [0.2, 0.25) is 0 Å². The van der Waals surface area contributed by atoms with Crippen LogP contribution in [0.25, 0.3) is 0 Å². The van der Waals surface area contributed by atoms with E-state index >= 15 is 0 Å². The number of carboxylic acids is 1. The number of nitrogens with zero attached hydrogens (tertiary/aromatic N) is 3. The highest BCUT2D eigenvalue weighted by Gasteiger charge is 2.21. The Bertz CT molecular complexity index is 502. The van der Waals surface area contributed by atoms with Gasteiger partial charge in [-0.05, 0) is 13.3 Å². The van der Waals surface area contributed by atoms with Crippen molar-refractivity contribution in [2.75, 3.05) is 44.2 Å². The van der Waals surface area contributed by atoms with Gasteiger partial charge >= 0.3 is 11.9 Å². The van der Waals surface area contributed by atoms with Crippen molar-refractivity contribution in [1.82, 2.24) is 9.88 Å². The molecule has 1 fully saturated rings. The summed E-state index contributed by atoms with van der Waals surface area (Å²) in [6.45, 7) is 4.69. The summed E-state index contributed by atoms with van der Waals surface area (Å²) >= 11 is 0. The number of anilines is 1. The van der Waals surface area contributed by atoms with E-state index in [1.54, 1.807) is 6.92 Å². The van der Waals surface area contributed by atoms with E-state index in [9.17, 15) is 9.59 Å². The molecule has 0 unspecified atom stereocenters. The number of aromatic nitrogens is 1. The van der Waals surface area contributed by atoms with Crippen LogP contribution < -0.4 is 4.90 Å². The van der Waals surface area contributed by atoms with Crippen LogP contribution in [0, 0.1) is 0 Å². The average Bonchev–Trinajstić information content (AvgIpc) is 2.81. The molecule has 0 radical (unpaired) electrons. The highest BCUT2D eigenvalue weighted by atomic mass is 16.5. The lowest BCUT2D eigenvalue weighted by atomic mass is 10.4. The molecule has 0 amide bonds. The second-order valence-electron chi connectivity index (χ2n) is 4.75. The number of hydrogen-bond donors (Lipinski definition) is 1. The first kappa shape index (κ1) is 15.3. The fourth-order valence-corrected chi connectivity index (χ4v) is 2.22. The minimum Gasteiger partial charge on any atom is -0.480 e. The Labute approximate surface area is 122 Å². The number of ether oxygens (including phenoxy) is 1.